The van der Waals surface area contributed by atoms with Gasteiger partial charge in [0.15, 0.2) is 0 Å². The second kappa shape index (κ2) is 7.56. The molecule has 2 aliphatic rings. The third-order valence-electron chi connectivity index (χ3n) is 2.92. The Morgan fingerprint density at radius 1 is 1.25 bits per heavy atom. The standard InChI is InChI=1S/C10H17N3S.2ClH/c1-12-6-3-9(4-7-12)14-10-11-5-8-13(10)2;;/h5,8-9H,3-4,6-7H2,1-2H3;2*1H. The highest BCUT2D eigenvalue weighted by Crippen LogP contribution is 2.19. The van der Waals surface area contributed by atoms with Gasteiger partial charge in [0, 0.05) is 18.1 Å². The number of rotatable bonds is 1. The summed E-state index contributed by atoms with van der Waals surface area (Å²) >= 11 is 1.98. The fourth-order valence-corrected chi connectivity index (χ4v) is 3.04. The first-order valence-corrected chi connectivity index (χ1v) is 6.20. The number of piperidine rings is 1. The molecule has 1 atom stereocenters. The van der Waals surface area contributed by atoms with Crippen LogP contribution < -0.4 is 34.6 Å². The molecule has 0 aromatic carbocycles. The van der Waals surface area contributed by atoms with Crippen molar-refractivity contribution in [1.82, 2.24) is 0 Å². The Labute approximate surface area is 114 Å². The van der Waals surface area contributed by atoms with Crippen LogP contribution in [0.4, 0.5) is 0 Å². The molecule has 0 aromatic rings. The number of likely N-dealkylation sites (tertiary alicyclic amines) is 1. The molecule has 1 saturated heterocycles. The molecule has 16 heavy (non-hydrogen) atoms. The molecule has 94 valence electrons. The number of quaternary nitrogens is 2. The van der Waals surface area contributed by atoms with E-state index in [2.05, 4.69) is 25.3 Å². The van der Waals surface area contributed by atoms with Crippen molar-refractivity contribution in [2.75, 3.05) is 27.2 Å². The van der Waals surface area contributed by atoms with Crippen LogP contribution in [0.15, 0.2) is 17.4 Å². The van der Waals surface area contributed by atoms with Crippen molar-refractivity contribution < 1.29 is 34.6 Å². The summed E-state index contributed by atoms with van der Waals surface area (Å²) in [5.74, 6) is 0. The first-order valence-electron chi connectivity index (χ1n) is 5.32. The quantitative estimate of drug-likeness (QED) is 0.491. The van der Waals surface area contributed by atoms with Gasteiger partial charge < -0.3 is 29.7 Å². The van der Waals surface area contributed by atoms with E-state index in [0.717, 1.165) is 5.25 Å². The minimum absolute atomic E-state index is 0. The summed E-state index contributed by atoms with van der Waals surface area (Å²) in [4.78, 5) is 7.39. The van der Waals surface area contributed by atoms with Gasteiger partial charge in [-0.3, -0.25) is 4.90 Å². The zero-order chi connectivity index (χ0) is 9.97. The molecule has 2 rings (SSSR count). The van der Waals surface area contributed by atoms with Gasteiger partial charge in [0.2, 0.25) is 0 Å². The van der Waals surface area contributed by atoms with Crippen LogP contribution in [0.5, 0.6) is 0 Å². The molecule has 0 spiro atoms. The van der Waals surface area contributed by atoms with Gasteiger partial charge in [-0.05, 0) is 11.8 Å². The Morgan fingerprint density at radius 2 is 1.88 bits per heavy atom. The summed E-state index contributed by atoms with van der Waals surface area (Å²) in [6.07, 6.45) is 6.69. The maximum atomic E-state index is 4.39. The molecule has 0 bridgehead atoms. The third kappa shape index (κ3) is 4.26. The number of nitrogens with one attached hydrogen (secondary N) is 2. The molecule has 6 heteroatoms. The van der Waals surface area contributed by atoms with Crippen molar-refractivity contribution in [1.29, 1.82) is 0 Å². The second-order valence-corrected chi connectivity index (χ2v) is 5.50. The van der Waals surface area contributed by atoms with E-state index < -0.39 is 0 Å². The molecule has 1 unspecified atom stereocenters. The Balaban J connectivity index is 0.00000112. The molecular weight excluding hydrogens is 265 g/mol. The van der Waals surface area contributed by atoms with E-state index in [-0.39, 0.29) is 24.8 Å². The third-order valence-corrected chi connectivity index (χ3v) is 4.37. The summed E-state index contributed by atoms with van der Waals surface area (Å²) < 4.78 is 0. The van der Waals surface area contributed by atoms with Crippen LogP contribution >= 0.6 is 11.8 Å². The van der Waals surface area contributed by atoms with Crippen LogP contribution in [0.1, 0.15) is 12.8 Å². The molecule has 1 fully saturated rings. The van der Waals surface area contributed by atoms with Crippen molar-refractivity contribution >= 4 is 16.9 Å². The average Bonchev–Trinajstić information content (AvgIpc) is 2.56. The van der Waals surface area contributed by atoms with Gasteiger partial charge in [0.1, 0.15) is 6.20 Å². The molecule has 2 heterocycles. The average molecular weight is 284 g/mol. The summed E-state index contributed by atoms with van der Waals surface area (Å²) in [5, 5.41) is 2.04. The summed E-state index contributed by atoms with van der Waals surface area (Å²) in [6.45, 7) is 2.63. The van der Waals surface area contributed by atoms with Crippen LogP contribution in [0.25, 0.3) is 0 Å². The van der Waals surface area contributed by atoms with Crippen LogP contribution in [0, 0.1) is 0 Å². The van der Waals surface area contributed by atoms with Crippen molar-refractivity contribution in [2.24, 2.45) is 4.99 Å². The van der Waals surface area contributed by atoms with Gasteiger partial charge >= 0.3 is 0 Å². The number of nitrogens with zero attached hydrogens (tertiary/aromatic N) is 1. The number of hydrogen-bond donors (Lipinski definition) is 2. The molecule has 0 aromatic heterocycles. The molecule has 2 N–H and O–H groups in total. The lowest BCUT2D eigenvalue weighted by atomic mass is 10.1. The lowest BCUT2D eigenvalue weighted by molar-refractivity contribution is -0.884. The lowest BCUT2D eigenvalue weighted by Crippen LogP contribution is -3.10. The zero-order valence-electron chi connectivity index (χ0n) is 9.67. The number of amidine groups is 1. The lowest BCUT2D eigenvalue weighted by Gasteiger charge is -2.25. The zero-order valence-corrected chi connectivity index (χ0v) is 12.0. The van der Waals surface area contributed by atoms with Gasteiger partial charge in [0.25, 0.3) is 5.17 Å². The van der Waals surface area contributed by atoms with E-state index in [4.69, 9.17) is 0 Å². The maximum Gasteiger partial charge on any atom is 0.266 e. The van der Waals surface area contributed by atoms with Crippen molar-refractivity contribution in [3.8, 4) is 0 Å². The molecule has 0 aliphatic carbocycles. The van der Waals surface area contributed by atoms with Crippen LogP contribution in [-0.4, -0.2) is 37.6 Å². The molecule has 3 nitrogen and oxygen atoms in total. The van der Waals surface area contributed by atoms with E-state index in [1.54, 1.807) is 4.90 Å². The Kier molecular flexibility index (Phi) is 7.68. The van der Waals surface area contributed by atoms with Gasteiger partial charge in [-0.25, -0.2) is 0 Å². The number of thioether (sulfide) groups is 1. The monoisotopic (exact) mass is 283 g/mol. The van der Waals surface area contributed by atoms with Crippen molar-refractivity contribution in [2.45, 2.75) is 18.1 Å². The highest BCUT2D eigenvalue weighted by Gasteiger charge is 2.25. The Hall–Kier alpha value is 0.260. The molecule has 0 amide bonds. The molecule has 2 aliphatic heterocycles. The largest absolute Gasteiger partial charge is 1.00 e. The Morgan fingerprint density at radius 3 is 2.38 bits per heavy atom. The first-order chi connectivity index (χ1) is 6.75. The number of halogens is 2. The van der Waals surface area contributed by atoms with Crippen LogP contribution in [-0.2, 0) is 0 Å². The molecular formula is C10H19Cl2N3S. The van der Waals surface area contributed by atoms with Crippen LogP contribution in [0.3, 0.4) is 0 Å². The van der Waals surface area contributed by atoms with Gasteiger partial charge in [-0.15, -0.1) is 0 Å². The topological polar surface area (TPSA) is 21.2 Å². The van der Waals surface area contributed by atoms with E-state index in [9.17, 15) is 0 Å². The summed E-state index contributed by atoms with van der Waals surface area (Å²) in [6, 6.07) is 0. The fraction of sp³-hybridized carbons (Fsp3) is 0.700. The fourth-order valence-electron chi connectivity index (χ4n) is 1.87. The summed E-state index contributed by atoms with van der Waals surface area (Å²) in [7, 11) is 4.43. The van der Waals surface area contributed by atoms with Gasteiger partial charge in [-0.2, -0.15) is 4.99 Å². The predicted octanol–water partition coefficient (Wildman–Crippen LogP) is -7.24. The van der Waals surface area contributed by atoms with E-state index in [0.29, 0.717) is 0 Å². The van der Waals surface area contributed by atoms with Crippen molar-refractivity contribution in [3.05, 3.63) is 12.4 Å². The highest BCUT2D eigenvalue weighted by atomic mass is 35.5. The van der Waals surface area contributed by atoms with E-state index in [1.165, 1.54) is 36.0 Å². The number of hydrogen-bond acceptors (Lipinski definition) is 2. The minimum atomic E-state index is 0. The van der Waals surface area contributed by atoms with E-state index >= 15 is 0 Å². The van der Waals surface area contributed by atoms with E-state index in [1.807, 2.05) is 18.0 Å². The van der Waals surface area contributed by atoms with Gasteiger partial charge in [0.05, 0.1) is 33.4 Å². The highest BCUT2D eigenvalue weighted by molar-refractivity contribution is 8.13. The minimum Gasteiger partial charge on any atom is -1.00 e. The second-order valence-electron chi connectivity index (χ2n) is 4.21. The maximum absolute atomic E-state index is 4.39. The smallest absolute Gasteiger partial charge is 0.266 e. The molecule has 0 radical (unpaired) electrons. The summed E-state index contributed by atoms with van der Waals surface area (Å²) in [5.41, 5.74) is 0. The van der Waals surface area contributed by atoms with Crippen molar-refractivity contribution in [3.63, 3.8) is 0 Å². The SMILES string of the molecule is C[NH+]1CCC(SC2=NC=C[NH+]2C)CC1.[Cl-].[Cl-]. The Bertz CT molecular complexity index is 263. The normalized spacial score (nSPS) is 32.6. The number of aliphatic imine (C=N–C) groups is 1. The van der Waals surface area contributed by atoms with Gasteiger partial charge in [-0.1, -0.05) is 0 Å². The van der Waals surface area contributed by atoms with Crippen LogP contribution in [0.2, 0.25) is 0 Å². The molecule has 0 saturated carbocycles. The predicted molar refractivity (Wildman–Crippen MR) is 60.7 cm³/mol. The first kappa shape index (κ1) is 16.3.